The van der Waals surface area contributed by atoms with Crippen molar-refractivity contribution in [2.45, 2.75) is 6.61 Å². The molecule has 0 aromatic heterocycles. The summed E-state index contributed by atoms with van der Waals surface area (Å²) in [5, 5.41) is 0. The van der Waals surface area contributed by atoms with Gasteiger partial charge in [0.25, 0.3) is 0 Å². The van der Waals surface area contributed by atoms with Crippen molar-refractivity contribution >= 4 is 15.9 Å². The quantitative estimate of drug-likeness (QED) is 0.610. The molecule has 0 saturated heterocycles. The summed E-state index contributed by atoms with van der Waals surface area (Å²) in [4.78, 5) is 0. The van der Waals surface area contributed by atoms with Crippen LogP contribution in [-0.2, 0) is 11.3 Å². The standard InChI is InChI=1S/C14H12BrFO2/c15-13-8-12(6-7-14(13)16)18-10-17-9-11-4-2-1-3-5-11/h1-8H,9-10H2. The van der Waals surface area contributed by atoms with Crippen LogP contribution in [-0.4, -0.2) is 6.79 Å². The van der Waals surface area contributed by atoms with Gasteiger partial charge in [0, 0.05) is 0 Å². The third kappa shape index (κ3) is 3.82. The van der Waals surface area contributed by atoms with Crippen molar-refractivity contribution in [1.82, 2.24) is 0 Å². The zero-order chi connectivity index (χ0) is 12.8. The molecular weight excluding hydrogens is 299 g/mol. The molecule has 0 saturated carbocycles. The van der Waals surface area contributed by atoms with Crippen LogP contribution >= 0.6 is 15.9 Å². The minimum absolute atomic E-state index is 0.132. The van der Waals surface area contributed by atoms with Crippen LogP contribution in [0.3, 0.4) is 0 Å². The Hall–Kier alpha value is -1.39. The Balaban J connectivity index is 1.77. The second-order valence-electron chi connectivity index (χ2n) is 3.67. The molecule has 0 atom stereocenters. The van der Waals surface area contributed by atoms with Gasteiger partial charge >= 0.3 is 0 Å². The summed E-state index contributed by atoms with van der Waals surface area (Å²) >= 11 is 3.10. The fourth-order valence-electron chi connectivity index (χ4n) is 1.41. The van der Waals surface area contributed by atoms with Gasteiger partial charge in [0.2, 0.25) is 0 Å². The summed E-state index contributed by atoms with van der Waals surface area (Å²) in [6.45, 7) is 0.621. The van der Waals surface area contributed by atoms with Gasteiger partial charge < -0.3 is 9.47 Å². The van der Waals surface area contributed by atoms with Crippen LogP contribution in [0.25, 0.3) is 0 Å². The molecule has 2 rings (SSSR count). The lowest BCUT2D eigenvalue weighted by molar-refractivity contribution is 0.00497. The van der Waals surface area contributed by atoms with E-state index in [9.17, 15) is 4.39 Å². The highest BCUT2D eigenvalue weighted by Gasteiger charge is 2.01. The number of hydrogen-bond donors (Lipinski definition) is 0. The molecule has 94 valence electrons. The molecule has 2 aromatic rings. The highest BCUT2D eigenvalue weighted by molar-refractivity contribution is 9.10. The summed E-state index contributed by atoms with van der Waals surface area (Å²) in [7, 11) is 0. The van der Waals surface area contributed by atoms with E-state index in [1.165, 1.54) is 6.07 Å². The molecule has 0 aliphatic rings. The predicted octanol–water partition coefficient (Wildman–Crippen LogP) is 4.14. The number of hydrogen-bond acceptors (Lipinski definition) is 2. The molecule has 0 N–H and O–H groups in total. The van der Waals surface area contributed by atoms with Crippen molar-refractivity contribution in [3.05, 3.63) is 64.4 Å². The molecule has 0 spiro atoms. The van der Waals surface area contributed by atoms with Crippen LogP contribution in [0, 0.1) is 5.82 Å². The lowest BCUT2D eigenvalue weighted by Crippen LogP contribution is -2.03. The zero-order valence-corrected chi connectivity index (χ0v) is 11.2. The van der Waals surface area contributed by atoms with Gasteiger partial charge in [-0.2, -0.15) is 0 Å². The van der Waals surface area contributed by atoms with Crippen molar-refractivity contribution < 1.29 is 13.9 Å². The average molecular weight is 311 g/mol. The summed E-state index contributed by atoms with van der Waals surface area (Å²) in [6, 6.07) is 14.3. The van der Waals surface area contributed by atoms with E-state index < -0.39 is 0 Å². The molecule has 4 heteroatoms. The Kier molecular flexibility index (Phi) is 4.73. The molecule has 0 heterocycles. The smallest absolute Gasteiger partial charge is 0.189 e. The van der Waals surface area contributed by atoms with E-state index in [2.05, 4.69) is 15.9 Å². The van der Waals surface area contributed by atoms with Crippen LogP contribution in [0.5, 0.6) is 5.75 Å². The number of benzene rings is 2. The Labute approximate surface area is 113 Å². The van der Waals surface area contributed by atoms with E-state index in [4.69, 9.17) is 9.47 Å². The molecule has 0 aliphatic heterocycles. The molecular formula is C14H12BrFO2. The normalized spacial score (nSPS) is 10.3. The SMILES string of the molecule is Fc1ccc(OCOCc2ccccc2)cc1Br. The fourth-order valence-corrected chi connectivity index (χ4v) is 1.77. The predicted molar refractivity (Wildman–Crippen MR) is 70.8 cm³/mol. The van der Waals surface area contributed by atoms with E-state index >= 15 is 0 Å². The third-order valence-corrected chi connectivity index (χ3v) is 2.92. The number of halogens is 2. The molecule has 0 amide bonds. The van der Waals surface area contributed by atoms with Gasteiger partial charge in [-0.3, -0.25) is 0 Å². The second-order valence-corrected chi connectivity index (χ2v) is 4.53. The Morgan fingerprint density at radius 1 is 1.06 bits per heavy atom. The van der Waals surface area contributed by atoms with Gasteiger partial charge in [-0.05, 0) is 39.7 Å². The topological polar surface area (TPSA) is 18.5 Å². The maximum Gasteiger partial charge on any atom is 0.189 e. The number of ether oxygens (including phenoxy) is 2. The summed E-state index contributed by atoms with van der Waals surface area (Å²) < 4.78 is 24.1. The van der Waals surface area contributed by atoms with Gasteiger partial charge in [0.15, 0.2) is 6.79 Å². The minimum Gasteiger partial charge on any atom is -0.468 e. The maximum absolute atomic E-state index is 13.0. The first-order valence-electron chi connectivity index (χ1n) is 5.45. The lowest BCUT2D eigenvalue weighted by atomic mass is 10.2. The first-order chi connectivity index (χ1) is 8.75. The van der Waals surface area contributed by atoms with E-state index in [-0.39, 0.29) is 12.6 Å². The number of rotatable bonds is 5. The summed E-state index contributed by atoms with van der Waals surface area (Å²) in [5.74, 6) is 0.254. The van der Waals surface area contributed by atoms with Gasteiger partial charge in [0.05, 0.1) is 11.1 Å². The van der Waals surface area contributed by atoms with Crippen LogP contribution in [0.15, 0.2) is 53.0 Å². The molecule has 0 unspecified atom stereocenters. The monoisotopic (exact) mass is 310 g/mol. The maximum atomic E-state index is 13.0. The first-order valence-corrected chi connectivity index (χ1v) is 6.24. The molecule has 2 aromatic carbocycles. The Bertz CT molecular complexity index is 502. The molecule has 2 nitrogen and oxygen atoms in total. The molecule has 0 radical (unpaired) electrons. The largest absolute Gasteiger partial charge is 0.468 e. The van der Waals surface area contributed by atoms with Gasteiger partial charge in [-0.1, -0.05) is 30.3 Å². The van der Waals surface area contributed by atoms with Crippen molar-refractivity contribution in [2.75, 3.05) is 6.79 Å². The van der Waals surface area contributed by atoms with Crippen molar-refractivity contribution in [3.63, 3.8) is 0 Å². The second kappa shape index (κ2) is 6.52. The first kappa shape index (κ1) is 13.1. The Morgan fingerprint density at radius 3 is 2.56 bits per heavy atom. The minimum atomic E-state index is -0.312. The van der Waals surface area contributed by atoms with E-state index in [0.717, 1.165) is 5.56 Å². The molecule has 0 bridgehead atoms. The molecule has 0 aliphatic carbocycles. The van der Waals surface area contributed by atoms with E-state index in [0.29, 0.717) is 16.8 Å². The van der Waals surface area contributed by atoms with Crippen LogP contribution in [0.1, 0.15) is 5.56 Å². The summed E-state index contributed by atoms with van der Waals surface area (Å²) in [6.07, 6.45) is 0. The van der Waals surface area contributed by atoms with Crippen LogP contribution in [0.4, 0.5) is 4.39 Å². The zero-order valence-electron chi connectivity index (χ0n) is 9.61. The highest BCUT2D eigenvalue weighted by atomic mass is 79.9. The van der Waals surface area contributed by atoms with Gasteiger partial charge in [0.1, 0.15) is 11.6 Å². The molecule has 18 heavy (non-hydrogen) atoms. The van der Waals surface area contributed by atoms with Crippen molar-refractivity contribution in [1.29, 1.82) is 0 Å². The van der Waals surface area contributed by atoms with Crippen molar-refractivity contribution in [2.24, 2.45) is 0 Å². The highest BCUT2D eigenvalue weighted by Crippen LogP contribution is 2.21. The van der Waals surface area contributed by atoms with E-state index in [1.54, 1.807) is 12.1 Å². The third-order valence-electron chi connectivity index (χ3n) is 2.31. The van der Waals surface area contributed by atoms with Gasteiger partial charge in [-0.25, -0.2) is 4.39 Å². The van der Waals surface area contributed by atoms with Crippen molar-refractivity contribution in [3.8, 4) is 5.75 Å². The fraction of sp³-hybridized carbons (Fsp3) is 0.143. The average Bonchev–Trinajstić information content (AvgIpc) is 2.40. The van der Waals surface area contributed by atoms with Crippen LogP contribution < -0.4 is 4.74 Å². The Morgan fingerprint density at radius 2 is 1.83 bits per heavy atom. The van der Waals surface area contributed by atoms with Crippen LogP contribution in [0.2, 0.25) is 0 Å². The van der Waals surface area contributed by atoms with E-state index in [1.807, 2.05) is 30.3 Å². The summed E-state index contributed by atoms with van der Waals surface area (Å²) in [5.41, 5.74) is 1.08. The lowest BCUT2D eigenvalue weighted by Gasteiger charge is -2.07. The van der Waals surface area contributed by atoms with Gasteiger partial charge in [-0.15, -0.1) is 0 Å². The molecule has 0 fully saturated rings.